The van der Waals surface area contributed by atoms with Gasteiger partial charge in [0, 0.05) is 11.7 Å². The molecule has 1 fully saturated rings. The zero-order chi connectivity index (χ0) is 25.8. The van der Waals surface area contributed by atoms with Crippen LogP contribution in [0.3, 0.4) is 0 Å². The van der Waals surface area contributed by atoms with Gasteiger partial charge >= 0.3 is 6.09 Å². The Morgan fingerprint density at radius 1 is 0.971 bits per heavy atom. The van der Waals surface area contributed by atoms with Crippen molar-refractivity contribution in [1.29, 1.82) is 0 Å². The lowest BCUT2D eigenvalue weighted by Crippen LogP contribution is -2.53. The van der Waals surface area contributed by atoms with Gasteiger partial charge in [-0.15, -0.1) is 0 Å². The first-order valence-electron chi connectivity index (χ1n) is 12.2. The molecule has 0 heterocycles. The number of amides is 3. The van der Waals surface area contributed by atoms with Gasteiger partial charge in [-0.3, -0.25) is 9.59 Å². The Balaban J connectivity index is 1.94. The number of aryl methyl sites for hydroxylation is 3. The lowest BCUT2D eigenvalue weighted by molar-refractivity contribution is -0.143. The largest absolute Gasteiger partial charge is 0.444 e. The van der Waals surface area contributed by atoms with Crippen LogP contribution in [0.2, 0.25) is 0 Å². The van der Waals surface area contributed by atoms with Crippen LogP contribution in [0.1, 0.15) is 68.3 Å². The molecule has 7 heteroatoms. The standard InChI is InChI=1S/C28H37N3O4/c1-18-11-7-8-16-22(18)25(26(33)30-24-19(2)12-9-13-20(24)3)31(21-14-10-15-21)23(32)17-29-27(34)35-28(4,5)6/h7-9,11-13,16,21,25H,10,14-15,17H2,1-6H3,(H,29,34)(H,30,33). The van der Waals surface area contributed by atoms with Crippen molar-refractivity contribution >= 4 is 23.6 Å². The summed E-state index contributed by atoms with van der Waals surface area (Å²) < 4.78 is 5.29. The molecule has 1 aliphatic carbocycles. The Labute approximate surface area is 208 Å². The summed E-state index contributed by atoms with van der Waals surface area (Å²) in [7, 11) is 0. The number of para-hydroxylation sites is 1. The fourth-order valence-corrected chi connectivity index (χ4v) is 4.29. The number of anilines is 1. The molecule has 7 nitrogen and oxygen atoms in total. The number of hydrogen-bond donors (Lipinski definition) is 2. The SMILES string of the molecule is Cc1ccccc1C(C(=O)Nc1c(C)cccc1C)N(C(=O)CNC(=O)OC(C)(C)C)C1CCC1. The van der Waals surface area contributed by atoms with Crippen molar-refractivity contribution in [3.05, 3.63) is 64.7 Å². The molecule has 35 heavy (non-hydrogen) atoms. The first-order valence-corrected chi connectivity index (χ1v) is 12.2. The van der Waals surface area contributed by atoms with Crippen LogP contribution in [0, 0.1) is 20.8 Å². The molecule has 0 aliphatic heterocycles. The smallest absolute Gasteiger partial charge is 0.408 e. The number of benzene rings is 2. The number of carbonyl (C=O) groups is 3. The summed E-state index contributed by atoms with van der Waals surface area (Å²) in [4.78, 5) is 41.3. The van der Waals surface area contributed by atoms with E-state index in [4.69, 9.17) is 4.74 Å². The maximum atomic E-state index is 13.9. The predicted octanol–water partition coefficient (Wildman–Crippen LogP) is 5.20. The number of alkyl carbamates (subject to hydrolysis) is 1. The van der Waals surface area contributed by atoms with Crippen LogP contribution in [0.25, 0.3) is 0 Å². The van der Waals surface area contributed by atoms with Gasteiger partial charge in [-0.25, -0.2) is 4.79 Å². The minimum absolute atomic E-state index is 0.0729. The van der Waals surface area contributed by atoms with Crippen LogP contribution in [-0.2, 0) is 14.3 Å². The van der Waals surface area contributed by atoms with E-state index in [0.717, 1.165) is 47.2 Å². The Morgan fingerprint density at radius 3 is 2.11 bits per heavy atom. The molecule has 0 bridgehead atoms. The molecule has 3 rings (SSSR count). The van der Waals surface area contributed by atoms with E-state index in [9.17, 15) is 14.4 Å². The Bertz CT molecular complexity index is 1070. The summed E-state index contributed by atoms with van der Waals surface area (Å²) in [6, 6.07) is 12.6. The Morgan fingerprint density at radius 2 is 1.57 bits per heavy atom. The van der Waals surface area contributed by atoms with Crippen molar-refractivity contribution in [2.24, 2.45) is 0 Å². The van der Waals surface area contributed by atoms with Gasteiger partial charge in [0.25, 0.3) is 5.91 Å². The molecule has 0 aromatic heterocycles. The number of nitrogens with one attached hydrogen (secondary N) is 2. The van der Waals surface area contributed by atoms with Gasteiger partial charge in [-0.05, 0) is 83.1 Å². The lowest BCUT2D eigenvalue weighted by Gasteiger charge is -2.42. The number of carbonyl (C=O) groups excluding carboxylic acids is 3. The highest BCUT2D eigenvalue weighted by Gasteiger charge is 2.39. The average molecular weight is 480 g/mol. The molecule has 0 radical (unpaired) electrons. The van der Waals surface area contributed by atoms with Gasteiger partial charge in [0.2, 0.25) is 5.91 Å². The van der Waals surface area contributed by atoms with Crippen molar-refractivity contribution in [3.8, 4) is 0 Å². The van der Waals surface area contributed by atoms with E-state index in [-0.39, 0.29) is 24.4 Å². The third-order valence-electron chi connectivity index (χ3n) is 6.28. The predicted molar refractivity (Wildman–Crippen MR) is 137 cm³/mol. The number of hydrogen-bond acceptors (Lipinski definition) is 4. The minimum atomic E-state index is -0.826. The molecule has 1 aliphatic rings. The highest BCUT2D eigenvalue weighted by atomic mass is 16.6. The highest BCUT2D eigenvalue weighted by molar-refractivity contribution is 5.99. The summed E-state index contributed by atoms with van der Waals surface area (Å²) in [5.41, 5.74) is 3.68. The molecule has 1 atom stereocenters. The van der Waals surface area contributed by atoms with Crippen molar-refractivity contribution in [2.75, 3.05) is 11.9 Å². The second-order valence-corrected chi connectivity index (χ2v) is 10.3. The summed E-state index contributed by atoms with van der Waals surface area (Å²) >= 11 is 0. The van der Waals surface area contributed by atoms with Crippen LogP contribution in [0.4, 0.5) is 10.5 Å². The zero-order valence-electron chi connectivity index (χ0n) is 21.6. The third kappa shape index (κ3) is 6.62. The molecule has 0 saturated heterocycles. The van der Waals surface area contributed by atoms with E-state index in [1.807, 2.05) is 63.2 Å². The van der Waals surface area contributed by atoms with E-state index < -0.39 is 17.7 Å². The zero-order valence-corrected chi connectivity index (χ0v) is 21.6. The van der Waals surface area contributed by atoms with Crippen molar-refractivity contribution in [3.63, 3.8) is 0 Å². The van der Waals surface area contributed by atoms with Gasteiger partial charge in [0.05, 0.1) is 0 Å². The topological polar surface area (TPSA) is 87.7 Å². The number of nitrogens with zero attached hydrogens (tertiary/aromatic N) is 1. The Kier molecular flexibility index (Phi) is 8.20. The quantitative estimate of drug-likeness (QED) is 0.572. The molecule has 188 valence electrons. The maximum Gasteiger partial charge on any atom is 0.408 e. The summed E-state index contributed by atoms with van der Waals surface area (Å²) in [5.74, 6) is -0.584. The molecule has 3 amide bonds. The first kappa shape index (κ1) is 26.3. The molecule has 2 aromatic carbocycles. The molecule has 1 saturated carbocycles. The molecular formula is C28H37N3O4. The van der Waals surface area contributed by atoms with Crippen LogP contribution in [0.15, 0.2) is 42.5 Å². The lowest BCUT2D eigenvalue weighted by atomic mass is 9.87. The fraction of sp³-hybridized carbons (Fsp3) is 0.464. The molecule has 0 spiro atoms. The van der Waals surface area contributed by atoms with Gasteiger partial charge in [-0.1, -0.05) is 42.5 Å². The van der Waals surface area contributed by atoms with Gasteiger partial charge < -0.3 is 20.3 Å². The third-order valence-corrected chi connectivity index (χ3v) is 6.28. The maximum absolute atomic E-state index is 13.9. The van der Waals surface area contributed by atoms with Gasteiger partial charge in [0.1, 0.15) is 18.2 Å². The number of rotatable bonds is 7. The van der Waals surface area contributed by atoms with Crippen LogP contribution < -0.4 is 10.6 Å². The van der Waals surface area contributed by atoms with E-state index in [1.54, 1.807) is 25.7 Å². The van der Waals surface area contributed by atoms with E-state index >= 15 is 0 Å². The molecular weight excluding hydrogens is 442 g/mol. The monoisotopic (exact) mass is 479 g/mol. The summed E-state index contributed by atoms with van der Waals surface area (Å²) in [5, 5.41) is 5.66. The van der Waals surface area contributed by atoms with Crippen molar-refractivity contribution < 1.29 is 19.1 Å². The van der Waals surface area contributed by atoms with Crippen molar-refractivity contribution in [1.82, 2.24) is 10.2 Å². The van der Waals surface area contributed by atoms with E-state index in [2.05, 4.69) is 10.6 Å². The van der Waals surface area contributed by atoms with Crippen LogP contribution in [-0.4, -0.2) is 41.0 Å². The van der Waals surface area contributed by atoms with Gasteiger partial charge in [-0.2, -0.15) is 0 Å². The molecule has 1 unspecified atom stereocenters. The van der Waals surface area contributed by atoms with E-state index in [1.165, 1.54) is 0 Å². The summed E-state index contributed by atoms with van der Waals surface area (Å²) in [6.07, 6.45) is 1.97. The fourth-order valence-electron chi connectivity index (χ4n) is 4.29. The van der Waals surface area contributed by atoms with Crippen LogP contribution in [0.5, 0.6) is 0 Å². The molecule has 2 aromatic rings. The molecule has 2 N–H and O–H groups in total. The minimum Gasteiger partial charge on any atom is -0.444 e. The second-order valence-electron chi connectivity index (χ2n) is 10.3. The first-order chi connectivity index (χ1) is 16.5. The number of ether oxygens (including phenoxy) is 1. The van der Waals surface area contributed by atoms with Crippen LogP contribution >= 0.6 is 0 Å². The van der Waals surface area contributed by atoms with Gasteiger partial charge in [0.15, 0.2) is 0 Å². The second kappa shape index (κ2) is 10.9. The average Bonchev–Trinajstić information content (AvgIpc) is 2.73. The Hall–Kier alpha value is -3.35. The highest BCUT2D eigenvalue weighted by Crippen LogP contribution is 2.35. The van der Waals surface area contributed by atoms with Crippen molar-refractivity contribution in [2.45, 2.75) is 78.5 Å². The van der Waals surface area contributed by atoms with E-state index in [0.29, 0.717) is 0 Å². The summed E-state index contributed by atoms with van der Waals surface area (Å²) in [6.45, 7) is 10.9. The normalized spacial score (nSPS) is 14.5.